The average Bonchev–Trinajstić information content (AvgIpc) is 2.41. The number of carbonyl (C=O) groups excluding carboxylic acids is 4. The average molecular weight is 352 g/mol. The van der Waals surface area contributed by atoms with Gasteiger partial charge in [-0.1, -0.05) is 0 Å². The molecule has 0 unspecified atom stereocenters. The van der Waals surface area contributed by atoms with E-state index in [0.717, 1.165) is 0 Å². The summed E-state index contributed by atoms with van der Waals surface area (Å²) in [6.07, 6.45) is 6.49. The topological polar surface area (TPSA) is 115 Å². The van der Waals surface area contributed by atoms with Gasteiger partial charge in [0.2, 0.25) is 0 Å². The fourth-order valence-electron chi connectivity index (χ4n) is 1.08. The summed E-state index contributed by atoms with van der Waals surface area (Å²) in [6.45, 7) is 0.693. The van der Waals surface area contributed by atoms with Crippen LogP contribution in [0.3, 0.4) is 0 Å². The van der Waals surface area contributed by atoms with Crippen LogP contribution in [-0.2, 0) is 38.7 Å². The van der Waals surface area contributed by atoms with Crippen molar-refractivity contribution in [2.45, 2.75) is 0 Å². The predicted molar refractivity (Wildman–Crippen MR) is 69.8 cm³/mol. The number of aliphatic hydroxyl groups is 2. The monoisotopic (exact) mass is 350 g/mol. The van der Waals surface area contributed by atoms with Crippen LogP contribution in [0.5, 0.6) is 0 Å². The van der Waals surface area contributed by atoms with Crippen molar-refractivity contribution in [1.82, 2.24) is 9.80 Å². The van der Waals surface area contributed by atoms with Crippen LogP contribution >= 0.6 is 0 Å². The molecule has 0 aliphatic carbocycles. The van der Waals surface area contributed by atoms with Crippen LogP contribution in [0.1, 0.15) is 0 Å². The van der Waals surface area contributed by atoms with E-state index in [9.17, 15) is 19.2 Å². The van der Waals surface area contributed by atoms with Crippen molar-refractivity contribution in [2.24, 2.45) is 0 Å². The number of hydrogen-bond donors (Lipinski definition) is 2. The molecule has 21 heavy (non-hydrogen) atoms. The summed E-state index contributed by atoms with van der Waals surface area (Å²) in [5, 5.41) is 16.8. The Morgan fingerprint density at radius 3 is 1.00 bits per heavy atom. The van der Waals surface area contributed by atoms with Crippen molar-refractivity contribution in [3.05, 3.63) is 0 Å². The summed E-state index contributed by atoms with van der Waals surface area (Å²) in [6, 6.07) is 0. The quantitative estimate of drug-likeness (QED) is 0.282. The standard InChI is InChI=1S/2C6H9NO3.Zn/c2*8-4-1-7(2-5-9)3-6-10;/h2*8H,1-4H2;/q2*-2;. The third kappa shape index (κ3) is 19.1. The summed E-state index contributed by atoms with van der Waals surface area (Å²) in [7, 11) is 0. The van der Waals surface area contributed by atoms with Gasteiger partial charge < -0.3 is 39.2 Å². The summed E-state index contributed by atoms with van der Waals surface area (Å²) in [5.74, 6) is 0. The van der Waals surface area contributed by atoms with Gasteiger partial charge >= 0.3 is 0 Å². The minimum absolute atomic E-state index is 0. The van der Waals surface area contributed by atoms with Gasteiger partial charge in [0.1, 0.15) is 0 Å². The number of rotatable bonds is 12. The van der Waals surface area contributed by atoms with Gasteiger partial charge in [0.15, 0.2) is 0 Å². The second-order valence-corrected chi connectivity index (χ2v) is 3.45. The van der Waals surface area contributed by atoms with E-state index >= 15 is 0 Å². The van der Waals surface area contributed by atoms with E-state index in [4.69, 9.17) is 10.2 Å². The molecule has 0 aromatic heterocycles. The molecule has 0 spiro atoms. The number of aliphatic hydroxyl groups excluding tert-OH is 2. The first kappa shape index (κ1) is 25.1. The minimum Gasteiger partial charge on any atom is -0.541 e. The third-order valence-electron chi connectivity index (χ3n) is 1.99. The van der Waals surface area contributed by atoms with Crippen molar-refractivity contribution in [2.75, 3.05) is 52.5 Å². The molecule has 0 fully saturated rings. The summed E-state index contributed by atoms with van der Waals surface area (Å²) >= 11 is 0. The first-order chi connectivity index (χ1) is 9.69. The second kappa shape index (κ2) is 21.4. The SMILES string of the molecule is O=[C-]CN(C[C-]=O)CCO.O=[C-]CN(C[C-]=O)CCO.[Zn]. The van der Waals surface area contributed by atoms with Crippen LogP contribution in [0.25, 0.3) is 0 Å². The molecule has 0 bridgehead atoms. The largest absolute Gasteiger partial charge is 0.541 e. The van der Waals surface area contributed by atoms with Crippen LogP contribution in [0.4, 0.5) is 0 Å². The fraction of sp³-hybridized carbons (Fsp3) is 0.667. The molecular weight excluding hydrogens is 334 g/mol. The normalized spacial score (nSPS) is 9.33. The van der Waals surface area contributed by atoms with Gasteiger partial charge in [-0.15, -0.1) is 26.2 Å². The van der Waals surface area contributed by atoms with Gasteiger partial charge in [0.25, 0.3) is 0 Å². The van der Waals surface area contributed by atoms with Crippen LogP contribution in [0.15, 0.2) is 0 Å². The smallest absolute Gasteiger partial charge is 0.0556 e. The van der Waals surface area contributed by atoms with E-state index in [-0.39, 0.29) is 58.9 Å². The molecule has 118 valence electrons. The molecule has 0 aliphatic rings. The van der Waals surface area contributed by atoms with Crippen molar-refractivity contribution in [3.63, 3.8) is 0 Å². The molecule has 0 rings (SSSR count). The van der Waals surface area contributed by atoms with Crippen molar-refractivity contribution in [1.29, 1.82) is 0 Å². The maximum Gasteiger partial charge on any atom is 0.0556 e. The van der Waals surface area contributed by atoms with E-state index in [1.54, 1.807) is 25.1 Å². The maximum absolute atomic E-state index is 9.79. The van der Waals surface area contributed by atoms with Gasteiger partial charge in [0, 0.05) is 32.6 Å². The molecule has 0 saturated carbocycles. The molecule has 8 nitrogen and oxygen atoms in total. The summed E-state index contributed by atoms with van der Waals surface area (Å²) in [5.41, 5.74) is 0. The van der Waals surface area contributed by atoms with Crippen molar-refractivity contribution < 1.29 is 48.9 Å². The van der Waals surface area contributed by atoms with Crippen molar-refractivity contribution >= 4 is 25.1 Å². The Bertz CT molecular complexity index is 222. The van der Waals surface area contributed by atoms with E-state index in [1.165, 1.54) is 9.80 Å². The third-order valence-corrected chi connectivity index (χ3v) is 1.99. The molecule has 0 amide bonds. The zero-order valence-electron chi connectivity index (χ0n) is 11.8. The van der Waals surface area contributed by atoms with Gasteiger partial charge in [-0.05, 0) is 0 Å². The molecular formula is C12H18N2O6Zn-4. The van der Waals surface area contributed by atoms with E-state index in [1.807, 2.05) is 0 Å². The minimum atomic E-state index is -0.0661. The fourth-order valence-corrected chi connectivity index (χ4v) is 1.08. The summed E-state index contributed by atoms with van der Waals surface area (Å²) < 4.78 is 0. The molecule has 0 saturated heterocycles. The van der Waals surface area contributed by atoms with Gasteiger partial charge in [-0.2, -0.15) is 0 Å². The Kier molecular flexibility index (Phi) is 25.6. The Balaban J connectivity index is -0.000000295. The van der Waals surface area contributed by atoms with Gasteiger partial charge in [0.05, 0.1) is 13.2 Å². The molecule has 2 N–H and O–H groups in total. The second-order valence-electron chi connectivity index (χ2n) is 3.45. The maximum atomic E-state index is 9.79. The number of nitrogens with zero attached hydrogens (tertiary/aromatic N) is 2. The predicted octanol–water partition coefficient (Wildman–Crippen LogP) is -3.00. The first-order valence-electron chi connectivity index (χ1n) is 5.76. The zero-order chi connectivity index (χ0) is 15.6. The Morgan fingerprint density at radius 1 is 0.619 bits per heavy atom. The molecule has 0 atom stereocenters. The molecule has 0 aromatic carbocycles. The first-order valence-corrected chi connectivity index (χ1v) is 5.76. The van der Waals surface area contributed by atoms with Gasteiger partial charge in [-0.3, -0.25) is 25.1 Å². The number of hydrogen-bond acceptors (Lipinski definition) is 8. The zero-order valence-corrected chi connectivity index (χ0v) is 14.8. The van der Waals surface area contributed by atoms with Crippen molar-refractivity contribution in [3.8, 4) is 0 Å². The Morgan fingerprint density at radius 2 is 0.857 bits per heavy atom. The molecule has 0 heterocycles. The van der Waals surface area contributed by atoms with E-state index in [0.29, 0.717) is 13.1 Å². The molecule has 0 aliphatic heterocycles. The van der Waals surface area contributed by atoms with E-state index in [2.05, 4.69) is 0 Å². The van der Waals surface area contributed by atoms with E-state index < -0.39 is 0 Å². The summed E-state index contributed by atoms with van der Waals surface area (Å²) in [4.78, 5) is 42.0. The van der Waals surface area contributed by atoms with Crippen LogP contribution in [-0.4, -0.2) is 97.6 Å². The van der Waals surface area contributed by atoms with Gasteiger partial charge in [-0.25, -0.2) is 0 Å². The molecule has 0 radical (unpaired) electrons. The Hall–Kier alpha value is -0.857. The Labute approximate surface area is 136 Å². The van der Waals surface area contributed by atoms with Crippen LogP contribution in [0, 0.1) is 0 Å². The van der Waals surface area contributed by atoms with Crippen LogP contribution in [0.2, 0.25) is 0 Å². The van der Waals surface area contributed by atoms with Crippen LogP contribution < -0.4 is 0 Å². The molecule has 0 aromatic rings. The molecule has 9 heteroatoms.